The van der Waals surface area contributed by atoms with Crippen LogP contribution in [0.4, 0.5) is 0 Å². The first-order valence-corrected chi connectivity index (χ1v) is 8.32. The average molecular weight is 401 g/mol. The van der Waals surface area contributed by atoms with Crippen LogP contribution in [0.15, 0.2) is 24.3 Å². The van der Waals surface area contributed by atoms with Gasteiger partial charge in [0.1, 0.15) is 5.54 Å². The summed E-state index contributed by atoms with van der Waals surface area (Å²) in [7, 11) is 1.38. The van der Waals surface area contributed by atoms with E-state index < -0.39 is 5.54 Å². The van der Waals surface area contributed by atoms with Crippen LogP contribution in [0.25, 0.3) is 0 Å². The number of carbonyl (C=O) groups is 2. The quantitative estimate of drug-likeness (QED) is 0.481. The van der Waals surface area contributed by atoms with Crippen molar-refractivity contribution in [2.24, 2.45) is 0 Å². The number of methoxy groups -OCH3 is 1. The number of carbonyl (C=O) groups excluding carboxylic acids is 2. The van der Waals surface area contributed by atoms with Crippen molar-refractivity contribution in [1.29, 1.82) is 0 Å². The molecular weight excluding hydrogens is 381 g/mol. The van der Waals surface area contributed by atoms with Crippen LogP contribution in [0.2, 0.25) is 0 Å². The van der Waals surface area contributed by atoms with E-state index in [2.05, 4.69) is 27.9 Å². The first-order valence-electron chi connectivity index (χ1n) is 7.24. The van der Waals surface area contributed by atoms with Crippen LogP contribution >= 0.6 is 22.6 Å². The van der Waals surface area contributed by atoms with Crippen molar-refractivity contribution >= 4 is 34.5 Å². The Labute approximate surface area is 138 Å². The zero-order valence-electron chi connectivity index (χ0n) is 12.2. The molecule has 0 aliphatic heterocycles. The summed E-state index contributed by atoms with van der Waals surface area (Å²) < 4.78 is 5.84. The zero-order chi connectivity index (χ0) is 15.3. The maximum Gasteiger partial charge on any atom is 0.331 e. The number of esters is 1. The summed E-state index contributed by atoms with van der Waals surface area (Å²) in [6.45, 7) is 0. The Hall–Kier alpha value is -1.11. The maximum absolute atomic E-state index is 12.5. The van der Waals surface area contributed by atoms with Gasteiger partial charge in [0.15, 0.2) is 0 Å². The Bertz CT molecular complexity index is 522. The molecular formula is C16H20INO3. The second-order valence-electron chi connectivity index (χ2n) is 5.42. The molecule has 5 heteroatoms. The highest BCUT2D eigenvalue weighted by molar-refractivity contribution is 14.1. The van der Waals surface area contributed by atoms with Gasteiger partial charge >= 0.3 is 5.97 Å². The smallest absolute Gasteiger partial charge is 0.331 e. The van der Waals surface area contributed by atoms with E-state index in [0.717, 1.165) is 29.3 Å². The summed E-state index contributed by atoms with van der Waals surface area (Å²) in [6, 6.07) is 7.38. The molecule has 0 spiro atoms. The molecule has 0 aromatic heterocycles. The molecule has 114 valence electrons. The second-order valence-corrected chi connectivity index (χ2v) is 6.58. The van der Waals surface area contributed by atoms with Gasteiger partial charge in [0.2, 0.25) is 0 Å². The number of nitrogens with one attached hydrogen (secondary N) is 1. The minimum absolute atomic E-state index is 0.202. The van der Waals surface area contributed by atoms with E-state index in [1.165, 1.54) is 7.11 Å². The maximum atomic E-state index is 12.5. The van der Waals surface area contributed by atoms with Gasteiger partial charge in [-0.2, -0.15) is 0 Å². The molecule has 0 atom stereocenters. The van der Waals surface area contributed by atoms with Crippen molar-refractivity contribution < 1.29 is 14.3 Å². The largest absolute Gasteiger partial charge is 0.467 e. The lowest BCUT2D eigenvalue weighted by Crippen LogP contribution is -2.54. The molecule has 21 heavy (non-hydrogen) atoms. The number of ether oxygens (including phenoxy) is 1. The van der Waals surface area contributed by atoms with Gasteiger partial charge in [0.05, 0.1) is 12.7 Å². The standard InChI is InChI=1S/C16H20INO3/c1-21-15(20)16(10-6-2-3-7-11-16)18-14(19)12-8-4-5-9-13(12)17/h4-5,8-9H,2-3,6-7,10-11H2,1H3,(H,18,19). The Morgan fingerprint density at radius 1 is 1.14 bits per heavy atom. The van der Waals surface area contributed by atoms with Gasteiger partial charge in [-0.1, -0.05) is 37.8 Å². The third kappa shape index (κ3) is 3.75. The Morgan fingerprint density at radius 2 is 1.76 bits per heavy atom. The lowest BCUT2D eigenvalue weighted by molar-refractivity contribution is -0.148. The second kappa shape index (κ2) is 7.24. The van der Waals surface area contributed by atoms with Gasteiger partial charge in [-0.3, -0.25) is 4.79 Å². The van der Waals surface area contributed by atoms with Crippen molar-refractivity contribution in [2.45, 2.75) is 44.1 Å². The lowest BCUT2D eigenvalue weighted by atomic mass is 9.89. The molecule has 0 radical (unpaired) electrons. The van der Waals surface area contributed by atoms with Crippen molar-refractivity contribution in [2.75, 3.05) is 7.11 Å². The monoisotopic (exact) mass is 401 g/mol. The fraction of sp³-hybridized carbons (Fsp3) is 0.500. The summed E-state index contributed by atoms with van der Waals surface area (Å²) in [5.41, 5.74) is -0.271. The van der Waals surface area contributed by atoms with Gasteiger partial charge < -0.3 is 10.1 Å². The molecule has 0 unspecified atom stereocenters. The predicted molar refractivity (Wildman–Crippen MR) is 89.1 cm³/mol. The Morgan fingerprint density at radius 3 is 2.33 bits per heavy atom. The normalized spacial score (nSPS) is 17.6. The van der Waals surface area contributed by atoms with Crippen molar-refractivity contribution in [1.82, 2.24) is 5.32 Å². The van der Waals surface area contributed by atoms with E-state index in [9.17, 15) is 9.59 Å². The SMILES string of the molecule is COC(=O)C1(NC(=O)c2ccccc2I)CCCCCC1. The summed E-state index contributed by atoms with van der Waals surface area (Å²) in [4.78, 5) is 24.8. The third-order valence-electron chi connectivity index (χ3n) is 4.00. The van der Waals surface area contributed by atoms with Gasteiger partial charge in [0, 0.05) is 3.57 Å². The molecule has 1 aliphatic carbocycles. The number of amides is 1. The minimum Gasteiger partial charge on any atom is -0.467 e. The fourth-order valence-electron chi connectivity index (χ4n) is 2.84. The molecule has 1 aliphatic rings. The number of rotatable bonds is 3. The molecule has 1 N–H and O–H groups in total. The Balaban J connectivity index is 2.24. The number of hydrogen-bond donors (Lipinski definition) is 1. The van der Waals surface area contributed by atoms with Crippen LogP contribution in [0.5, 0.6) is 0 Å². The van der Waals surface area contributed by atoms with E-state index in [1.54, 1.807) is 6.07 Å². The molecule has 2 rings (SSSR count). The van der Waals surface area contributed by atoms with E-state index in [1.807, 2.05) is 18.2 Å². The van der Waals surface area contributed by atoms with E-state index >= 15 is 0 Å². The topological polar surface area (TPSA) is 55.4 Å². The summed E-state index contributed by atoms with van der Waals surface area (Å²) in [5, 5.41) is 2.96. The number of hydrogen-bond acceptors (Lipinski definition) is 3. The third-order valence-corrected chi connectivity index (χ3v) is 4.95. The van der Waals surface area contributed by atoms with Gasteiger partial charge in [0.25, 0.3) is 5.91 Å². The van der Waals surface area contributed by atoms with Gasteiger partial charge in [-0.15, -0.1) is 0 Å². The molecule has 1 aromatic carbocycles. The van der Waals surface area contributed by atoms with E-state index in [0.29, 0.717) is 18.4 Å². The van der Waals surface area contributed by atoms with Crippen LogP contribution in [0, 0.1) is 3.57 Å². The fourth-order valence-corrected chi connectivity index (χ4v) is 3.47. The van der Waals surface area contributed by atoms with Crippen LogP contribution in [0.3, 0.4) is 0 Å². The van der Waals surface area contributed by atoms with Gasteiger partial charge in [-0.05, 0) is 47.6 Å². The summed E-state index contributed by atoms with van der Waals surface area (Å²) in [5.74, 6) is -0.531. The van der Waals surface area contributed by atoms with Gasteiger partial charge in [-0.25, -0.2) is 4.79 Å². The van der Waals surface area contributed by atoms with Crippen molar-refractivity contribution in [3.05, 3.63) is 33.4 Å². The Kier molecular flexibility index (Phi) is 5.61. The predicted octanol–water partition coefficient (Wildman–Crippen LogP) is 3.29. The van der Waals surface area contributed by atoms with Crippen LogP contribution in [-0.4, -0.2) is 24.5 Å². The molecule has 1 saturated carbocycles. The summed E-state index contributed by atoms with van der Waals surface area (Å²) in [6.07, 6.45) is 5.35. The first-order chi connectivity index (χ1) is 10.1. The molecule has 0 heterocycles. The highest BCUT2D eigenvalue weighted by Crippen LogP contribution is 2.29. The van der Waals surface area contributed by atoms with Crippen molar-refractivity contribution in [3.8, 4) is 0 Å². The molecule has 4 nitrogen and oxygen atoms in total. The summed E-state index contributed by atoms with van der Waals surface area (Å²) >= 11 is 2.13. The lowest BCUT2D eigenvalue weighted by Gasteiger charge is -2.31. The molecule has 1 aromatic rings. The highest BCUT2D eigenvalue weighted by atomic mass is 127. The average Bonchev–Trinajstić information content (AvgIpc) is 2.73. The molecule has 0 saturated heterocycles. The van der Waals surface area contributed by atoms with E-state index in [4.69, 9.17) is 4.74 Å². The zero-order valence-corrected chi connectivity index (χ0v) is 14.3. The minimum atomic E-state index is -0.874. The van der Waals surface area contributed by atoms with Crippen LogP contribution < -0.4 is 5.32 Å². The van der Waals surface area contributed by atoms with Crippen LogP contribution in [0.1, 0.15) is 48.9 Å². The molecule has 0 bridgehead atoms. The first kappa shape index (κ1) is 16.3. The highest BCUT2D eigenvalue weighted by Gasteiger charge is 2.41. The van der Waals surface area contributed by atoms with Crippen molar-refractivity contribution in [3.63, 3.8) is 0 Å². The molecule has 1 fully saturated rings. The van der Waals surface area contributed by atoms with Crippen LogP contribution in [-0.2, 0) is 9.53 Å². The number of halogens is 1. The van der Waals surface area contributed by atoms with E-state index in [-0.39, 0.29) is 11.9 Å². The number of benzene rings is 1. The molecule has 1 amide bonds.